The van der Waals surface area contributed by atoms with Gasteiger partial charge in [0.15, 0.2) is 0 Å². The predicted molar refractivity (Wildman–Crippen MR) is 78.8 cm³/mol. The Morgan fingerprint density at radius 2 is 2.05 bits per heavy atom. The van der Waals surface area contributed by atoms with Crippen LogP contribution >= 0.6 is 0 Å². The van der Waals surface area contributed by atoms with Gasteiger partial charge in [-0.05, 0) is 27.1 Å². The van der Waals surface area contributed by atoms with E-state index in [0.29, 0.717) is 0 Å². The van der Waals surface area contributed by atoms with Crippen LogP contribution in [-0.2, 0) is 4.74 Å². The average Bonchev–Trinajstić information content (AvgIpc) is 2.45. The molecule has 0 saturated carbocycles. The summed E-state index contributed by atoms with van der Waals surface area (Å²) >= 11 is 0. The molecule has 0 aliphatic heterocycles. The molecule has 0 aliphatic rings. The summed E-state index contributed by atoms with van der Waals surface area (Å²) < 4.78 is 10.8. The quantitative estimate of drug-likeness (QED) is 0.692. The molecule has 4 nitrogen and oxygen atoms in total. The van der Waals surface area contributed by atoms with E-state index in [0.717, 1.165) is 32.1 Å². The van der Waals surface area contributed by atoms with Crippen LogP contribution in [0.4, 0.5) is 0 Å². The number of likely N-dealkylation sites (N-methyl/N-ethyl adjacent to an activating group) is 2. The van der Waals surface area contributed by atoms with Crippen molar-refractivity contribution in [2.45, 2.75) is 13.0 Å². The van der Waals surface area contributed by atoms with E-state index in [1.165, 1.54) is 5.56 Å². The van der Waals surface area contributed by atoms with Gasteiger partial charge in [0.2, 0.25) is 0 Å². The molecule has 0 radical (unpaired) electrons. The minimum atomic E-state index is 0.253. The molecule has 1 atom stereocenters. The maximum Gasteiger partial charge on any atom is 0.123 e. The lowest BCUT2D eigenvalue weighted by Crippen LogP contribution is -2.33. The summed E-state index contributed by atoms with van der Waals surface area (Å²) in [6.07, 6.45) is 0. The van der Waals surface area contributed by atoms with Crippen LogP contribution in [0.1, 0.15) is 18.5 Å². The Morgan fingerprint density at radius 1 is 1.32 bits per heavy atom. The van der Waals surface area contributed by atoms with Crippen molar-refractivity contribution in [2.75, 3.05) is 47.5 Å². The summed E-state index contributed by atoms with van der Waals surface area (Å²) in [7, 11) is 5.80. The van der Waals surface area contributed by atoms with Gasteiger partial charge in [-0.15, -0.1) is 0 Å². The summed E-state index contributed by atoms with van der Waals surface area (Å²) in [4.78, 5) is 2.27. The zero-order chi connectivity index (χ0) is 14.1. The van der Waals surface area contributed by atoms with Crippen LogP contribution in [0.5, 0.6) is 5.75 Å². The molecule has 1 aromatic carbocycles. The Labute approximate surface area is 116 Å². The van der Waals surface area contributed by atoms with Gasteiger partial charge in [-0.1, -0.05) is 18.2 Å². The molecule has 0 aromatic heterocycles. The number of rotatable bonds is 9. The highest BCUT2D eigenvalue weighted by molar-refractivity contribution is 5.36. The largest absolute Gasteiger partial charge is 0.496 e. The number of methoxy groups -OCH3 is 1. The Kier molecular flexibility index (Phi) is 7.48. The summed E-state index contributed by atoms with van der Waals surface area (Å²) in [6, 6.07) is 8.40. The Bertz CT molecular complexity index is 358. The van der Waals surface area contributed by atoms with Gasteiger partial charge in [0, 0.05) is 31.3 Å². The van der Waals surface area contributed by atoms with Crippen molar-refractivity contribution < 1.29 is 9.47 Å². The van der Waals surface area contributed by atoms with Crippen molar-refractivity contribution >= 4 is 0 Å². The Hall–Kier alpha value is -1.10. The third-order valence-electron chi connectivity index (χ3n) is 3.18. The second-order valence-electron chi connectivity index (χ2n) is 4.54. The monoisotopic (exact) mass is 266 g/mol. The normalized spacial score (nSPS) is 12.7. The molecule has 0 heterocycles. The van der Waals surface area contributed by atoms with Crippen molar-refractivity contribution in [3.8, 4) is 5.75 Å². The molecule has 1 rings (SSSR count). The first-order valence-corrected chi connectivity index (χ1v) is 6.79. The molecule has 0 aliphatic carbocycles. The lowest BCUT2D eigenvalue weighted by Gasteiger charge is -2.25. The standard InChI is InChI=1S/C15H26N2O2/c1-5-19-11-10-17(3)12-14(16-2)13-8-6-7-9-15(13)18-4/h6-9,14,16H,5,10-12H2,1-4H3. The molecule has 0 bridgehead atoms. The first-order chi connectivity index (χ1) is 9.22. The number of benzene rings is 1. The zero-order valence-corrected chi connectivity index (χ0v) is 12.5. The zero-order valence-electron chi connectivity index (χ0n) is 12.5. The average molecular weight is 266 g/mol. The van der Waals surface area contributed by atoms with Gasteiger partial charge >= 0.3 is 0 Å². The first-order valence-electron chi connectivity index (χ1n) is 6.79. The van der Waals surface area contributed by atoms with Gasteiger partial charge < -0.3 is 19.7 Å². The van der Waals surface area contributed by atoms with Crippen LogP contribution in [0.2, 0.25) is 0 Å². The molecule has 1 aromatic rings. The number of hydrogen-bond donors (Lipinski definition) is 1. The lowest BCUT2D eigenvalue weighted by molar-refractivity contribution is 0.119. The maximum atomic E-state index is 5.43. The molecule has 108 valence electrons. The molecule has 0 amide bonds. The van der Waals surface area contributed by atoms with E-state index < -0.39 is 0 Å². The molecular formula is C15H26N2O2. The molecule has 1 unspecified atom stereocenters. The summed E-state index contributed by atoms with van der Waals surface area (Å²) in [5.41, 5.74) is 1.19. The van der Waals surface area contributed by atoms with Crippen LogP contribution in [0, 0.1) is 0 Å². The van der Waals surface area contributed by atoms with E-state index in [4.69, 9.17) is 9.47 Å². The fraction of sp³-hybridized carbons (Fsp3) is 0.600. The number of hydrogen-bond acceptors (Lipinski definition) is 4. The molecular weight excluding hydrogens is 240 g/mol. The van der Waals surface area contributed by atoms with E-state index in [2.05, 4.69) is 23.3 Å². The third-order valence-corrected chi connectivity index (χ3v) is 3.18. The lowest BCUT2D eigenvalue weighted by atomic mass is 10.1. The van der Waals surface area contributed by atoms with Gasteiger partial charge in [-0.3, -0.25) is 0 Å². The van der Waals surface area contributed by atoms with Crippen LogP contribution in [0.3, 0.4) is 0 Å². The number of para-hydroxylation sites is 1. The van der Waals surface area contributed by atoms with Crippen LogP contribution < -0.4 is 10.1 Å². The molecule has 0 spiro atoms. The smallest absolute Gasteiger partial charge is 0.123 e. The second kappa shape index (κ2) is 8.91. The molecule has 1 N–H and O–H groups in total. The van der Waals surface area contributed by atoms with E-state index in [-0.39, 0.29) is 6.04 Å². The highest BCUT2D eigenvalue weighted by atomic mass is 16.5. The van der Waals surface area contributed by atoms with E-state index in [1.54, 1.807) is 7.11 Å². The van der Waals surface area contributed by atoms with Crippen molar-refractivity contribution in [1.82, 2.24) is 10.2 Å². The molecule has 19 heavy (non-hydrogen) atoms. The van der Waals surface area contributed by atoms with Crippen molar-refractivity contribution in [3.63, 3.8) is 0 Å². The summed E-state index contributed by atoms with van der Waals surface area (Å²) in [6.45, 7) is 5.42. The topological polar surface area (TPSA) is 33.7 Å². The van der Waals surface area contributed by atoms with Crippen LogP contribution in [0.25, 0.3) is 0 Å². The summed E-state index contributed by atoms with van der Waals surface area (Å²) in [5, 5.41) is 3.35. The van der Waals surface area contributed by atoms with Crippen molar-refractivity contribution in [2.24, 2.45) is 0 Å². The minimum Gasteiger partial charge on any atom is -0.496 e. The summed E-state index contributed by atoms with van der Waals surface area (Å²) in [5.74, 6) is 0.931. The number of nitrogens with zero attached hydrogens (tertiary/aromatic N) is 1. The number of ether oxygens (including phenoxy) is 2. The van der Waals surface area contributed by atoms with Crippen molar-refractivity contribution in [1.29, 1.82) is 0 Å². The minimum absolute atomic E-state index is 0.253. The maximum absolute atomic E-state index is 5.43. The van der Waals surface area contributed by atoms with Crippen molar-refractivity contribution in [3.05, 3.63) is 29.8 Å². The van der Waals surface area contributed by atoms with Gasteiger partial charge in [-0.25, -0.2) is 0 Å². The van der Waals surface area contributed by atoms with Crippen LogP contribution in [-0.4, -0.2) is 52.4 Å². The fourth-order valence-corrected chi connectivity index (χ4v) is 2.07. The predicted octanol–water partition coefficient (Wildman–Crippen LogP) is 1.92. The SMILES string of the molecule is CCOCCN(C)CC(NC)c1ccccc1OC. The molecule has 0 fully saturated rings. The van der Waals surface area contributed by atoms with E-state index in [1.807, 2.05) is 32.2 Å². The highest BCUT2D eigenvalue weighted by Gasteiger charge is 2.15. The fourth-order valence-electron chi connectivity index (χ4n) is 2.07. The Balaban J connectivity index is 2.61. The van der Waals surface area contributed by atoms with Gasteiger partial charge in [-0.2, -0.15) is 0 Å². The highest BCUT2D eigenvalue weighted by Crippen LogP contribution is 2.24. The van der Waals surface area contributed by atoms with Gasteiger partial charge in [0.1, 0.15) is 5.75 Å². The van der Waals surface area contributed by atoms with E-state index in [9.17, 15) is 0 Å². The van der Waals surface area contributed by atoms with Gasteiger partial charge in [0.05, 0.1) is 13.7 Å². The van der Waals surface area contributed by atoms with Crippen LogP contribution in [0.15, 0.2) is 24.3 Å². The number of nitrogens with one attached hydrogen (secondary N) is 1. The first kappa shape index (κ1) is 16.0. The van der Waals surface area contributed by atoms with E-state index >= 15 is 0 Å². The third kappa shape index (κ3) is 5.19. The van der Waals surface area contributed by atoms with Gasteiger partial charge in [0.25, 0.3) is 0 Å². The molecule has 0 saturated heterocycles. The Morgan fingerprint density at radius 3 is 2.68 bits per heavy atom. The molecule has 4 heteroatoms. The second-order valence-corrected chi connectivity index (χ2v) is 4.54.